The van der Waals surface area contributed by atoms with Gasteiger partial charge in [0.2, 0.25) is 0 Å². The minimum absolute atomic E-state index is 0.140. The number of nitrogens with two attached hydrogens (primary N) is 3. The molecule has 0 radical (unpaired) electrons. The molecule has 6 N–H and O–H groups in total. The predicted molar refractivity (Wildman–Crippen MR) is 99.4 cm³/mol. The number of nitrogens with zero attached hydrogens (tertiary/aromatic N) is 1. The minimum Gasteiger partial charge on any atom is -0.465 e. The van der Waals surface area contributed by atoms with Crippen LogP contribution in [0.3, 0.4) is 0 Å². The summed E-state index contributed by atoms with van der Waals surface area (Å²) in [4.78, 5) is 13.7. The minimum atomic E-state index is -0.339. The summed E-state index contributed by atoms with van der Waals surface area (Å²) in [6.07, 6.45) is 2.57. The molecule has 0 saturated carbocycles. The van der Waals surface area contributed by atoms with E-state index in [0.717, 1.165) is 25.1 Å². The molecule has 136 valence electrons. The van der Waals surface area contributed by atoms with Crippen LogP contribution in [-0.2, 0) is 4.74 Å². The van der Waals surface area contributed by atoms with Crippen molar-refractivity contribution < 1.29 is 9.53 Å². The summed E-state index contributed by atoms with van der Waals surface area (Å²) in [5.41, 5.74) is 19.5. The number of carbonyl (C=O) groups excluding carboxylic acids is 1. The number of hydrogen-bond acceptors (Lipinski definition) is 6. The van der Waals surface area contributed by atoms with Crippen LogP contribution in [0.2, 0.25) is 0 Å². The number of hydrogen-bond donors (Lipinski definition) is 3. The van der Waals surface area contributed by atoms with Crippen molar-refractivity contribution in [1.82, 2.24) is 4.90 Å². The summed E-state index contributed by atoms with van der Waals surface area (Å²) in [5.74, 6) is 0.615. The van der Waals surface area contributed by atoms with Crippen LogP contribution in [0.15, 0.2) is 47.0 Å². The topological polar surface area (TPSA) is 108 Å². The standard InChI is InChI=1S/C18H25ClN4O2/c1-11-7-8-23(15(17(21)22)9-16(19)20)10-14(11)12-3-5-13(6-4-12)18(24)25-2/h3-6,9,11,14H,7-8,10,20-22H2,1-2H3/b16-9-. The maximum Gasteiger partial charge on any atom is 0.337 e. The van der Waals surface area contributed by atoms with Crippen LogP contribution < -0.4 is 17.2 Å². The molecule has 1 aromatic carbocycles. The lowest BCUT2D eigenvalue weighted by atomic mass is 9.81. The largest absolute Gasteiger partial charge is 0.465 e. The number of halogens is 1. The molecule has 0 aliphatic carbocycles. The van der Waals surface area contributed by atoms with E-state index in [9.17, 15) is 4.79 Å². The third-order valence-corrected chi connectivity index (χ3v) is 4.74. The van der Waals surface area contributed by atoms with E-state index in [4.69, 9.17) is 33.5 Å². The van der Waals surface area contributed by atoms with Crippen molar-refractivity contribution in [3.8, 4) is 0 Å². The molecule has 1 fully saturated rings. The number of carbonyl (C=O) groups is 1. The van der Waals surface area contributed by atoms with E-state index in [0.29, 0.717) is 17.2 Å². The normalized spacial score (nSPS) is 20.9. The number of ether oxygens (including phenoxy) is 1. The van der Waals surface area contributed by atoms with E-state index in [1.807, 2.05) is 12.1 Å². The lowest BCUT2D eigenvalue weighted by Crippen LogP contribution is -2.39. The van der Waals surface area contributed by atoms with Gasteiger partial charge in [-0.3, -0.25) is 0 Å². The monoisotopic (exact) mass is 364 g/mol. The number of likely N-dealkylation sites (tertiary alicyclic amines) is 1. The first-order valence-corrected chi connectivity index (χ1v) is 8.52. The fourth-order valence-corrected chi connectivity index (χ4v) is 3.30. The maximum atomic E-state index is 11.6. The van der Waals surface area contributed by atoms with Crippen molar-refractivity contribution in [1.29, 1.82) is 0 Å². The molecule has 1 aliphatic heterocycles. The van der Waals surface area contributed by atoms with Gasteiger partial charge in [-0.25, -0.2) is 4.79 Å². The number of esters is 1. The average molecular weight is 365 g/mol. The molecule has 6 nitrogen and oxygen atoms in total. The van der Waals surface area contributed by atoms with Crippen molar-refractivity contribution in [3.05, 3.63) is 58.1 Å². The van der Waals surface area contributed by atoms with E-state index in [2.05, 4.69) is 11.8 Å². The van der Waals surface area contributed by atoms with Gasteiger partial charge in [0.05, 0.1) is 18.4 Å². The third-order valence-electron chi connectivity index (χ3n) is 4.63. The van der Waals surface area contributed by atoms with E-state index in [-0.39, 0.29) is 22.9 Å². The second-order valence-electron chi connectivity index (χ2n) is 6.30. The lowest BCUT2D eigenvalue weighted by Gasteiger charge is -2.39. The van der Waals surface area contributed by atoms with E-state index >= 15 is 0 Å². The highest BCUT2D eigenvalue weighted by molar-refractivity contribution is 6.29. The smallest absolute Gasteiger partial charge is 0.337 e. The summed E-state index contributed by atoms with van der Waals surface area (Å²) in [7, 11) is 1.37. The fourth-order valence-electron chi connectivity index (χ4n) is 3.19. The van der Waals surface area contributed by atoms with Crippen molar-refractivity contribution in [2.75, 3.05) is 20.2 Å². The molecule has 0 spiro atoms. The van der Waals surface area contributed by atoms with Gasteiger partial charge >= 0.3 is 5.97 Å². The second kappa shape index (κ2) is 8.16. The summed E-state index contributed by atoms with van der Waals surface area (Å²) in [5, 5.41) is 0.140. The predicted octanol–water partition coefficient (Wildman–Crippen LogP) is 2.02. The molecule has 1 heterocycles. The van der Waals surface area contributed by atoms with Crippen LogP contribution in [0.5, 0.6) is 0 Å². The molecular formula is C18H25ClN4O2. The van der Waals surface area contributed by atoms with Crippen LogP contribution in [-0.4, -0.2) is 31.1 Å². The zero-order valence-electron chi connectivity index (χ0n) is 14.5. The molecule has 7 heteroatoms. The summed E-state index contributed by atoms with van der Waals surface area (Å²) >= 11 is 5.80. The van der Waals surface area contributed by atoms with Crippen molar-refractivity contribution in [2.24, 2.45) is 23.1 Å². The fraction of sp³-hybridized carbons (Fsp3) is 0.389. The van der Waals surface area contributed by atoms with Crippen molar-refractivity contribution >= 4 is 17.6 Å². The molecule has 0 bridgehead atoms. The van der Waals surface area contributed by atoms with Gasteiger partial charge in [0.15, 0.2) is 0 Å². The average Bonchev–Trinajstić information content (AvgIpc) is 2.59. The SMILES string of the molecule is COC(=O)c1ccc(C2CN(C(/C=C(\N)Cl)=C(N)N)CCC2C)cc1. The van der Waals surface area contributed by atoms with Crippen LogP contribution in [0.1, 0.15) is 35.2 Å². The highest BCUT2D eigenvalue weighted by Gasteiger charge is 2.29. The van der Waals surface area contributed by atoms with Crippen molar-refractivity contribution in [3.63, 3.8) is 0 Å². The molecule has 2 atom stereocenters. The molecule has 0 aromatic heterocycles. The number of allylic oxidation sites excluding steroid dienone is 1. The van der Waals surface area contributed by atoms with Gasteiger partial charge in [-0.2, -0.15) is 0 Å². The molecule has 1 saturated heterocycles. The zero-order valence-corrected chi connectivity index (χ0v) is 15.3. The van der Waals surface area contributed by atoms with Gasteiger partial charge in [-0.05, 0) is 36.1 Å². The third kappa shape index (κ3) is 4.60. The lowest BCUT2D eigenvalue weighted by molar-refractivity contribution is 0.0600. The molecule has 1 aromatic rings. The summed E-state index contributed by atoms with van der Waals surface area (Å²) in [6.45, 7) is 3.79. The van der Waals surface area contributed by atoms with Gasteiger partial charge in [0.1, 0.15) is 11.0 Å². The Morgan fingerprint density at radius 2 is 1.92 bits per heavy atom. The van der Waals surface area contributed by atoms with Crippen LogP contribution >= 0.6 is 11.6 Å². The highest BCUT2D eigenvalue weighted by Crippen LogP contribution is 2.34. The number of piperidine rings is 1. The van der Waals surface area contributed by atoms with Crippen LogP contribution in [0.4, 0.5) is 0 Å². The van der Waals surface area contributed by atoms with Gasteiger partial charge in [-0.15, -0.1) is 0 Å². The van der Waals surface area contributed by atoms with Gasteiger partial charge < -0.3 is 26.8 Å². The van der Waals surface area contributed by atoms with Gasteiger partial charge in [0.25, 0.3) is 0 Å². The Hall–Kier alpha value is -2.34. The quantitative estimate of drug-likeness (QED) is 0.428. The zero-order chi connectivity index (χ0) is 18.6. The Balaban J connectivity index is 2.24. The molecule has 2 unspecified atom stereocenters. The number of rotatable bonds is 4. The highest BCUT2D eigenvalue weighted by atomic mass is 35.5. The van der Waals surface area contributed by atoms with Crippen LogP contribution in [0, 0.1) is 5.92 Å². The van der Waals surface area contributed by atoms with E-state index in [1.165, 1.54) is 7.11 Å². The van der Waals surface area contributed by atoms with Crippen molar-refractivity contribution in [2.45, 2.75) is 19.3 Å². The second-order valence-corrected chi connectivity index (χ2v) is 6.74. The number of benzene rings is 1. The Kier molecular flexibility index (Phi) is 6.20. The first-order chi connectivity index (χ1) is 11.8. The van der Waals surface area contributed by atoms with E-state index in [1.54, 1.807) is 18.2 Å². The first-order valence-electron chi connectivity index (χ1n) is 8.14. The Morgan fingerprint density at radius 1 is 1.28 bits per heavy atom. The Morgan fingerprint density at radius 3 is 2.44 bits per heavy atom. The maximum absolute atomic E-state index is 11.6. The van der Waals surface area contributed by atoms with Crippen LogP contribution in [0.25, 0.3) is 0 Å². The molecule has 1 aliphatic rings. The molecule has 25 heavy (non-hydrogen) atoms. The molecular weight excluding hydrogens is 340 g/mol. The van der Waals surface area contributed by atoms with Gasteiger partial charge in [-0.1, -0.05) is 30.7 Å². The van der Waals surface area contributed by atoms with Gasteiger partial charge in [0, 0.05) is 19.0 Å². The summed E-state index contributed by atoms with van der Waals surface area (Å²) < 4.78 is 4.74. The number of methoxy groups -OCH3 is 1. The summed E-state index contributed by atoms with van der Waals surface area (Å²) in [6, 6.07) is 7.52. The first kappa shape index (κ1) is 19.0. The molecule has 0 amide bonds. The molecule has 2 rings (SSSR count). The van der Waals surface area contributed by atoms with E-state index < -0.39 is 0 Å². The Labute approximate surface area is 153 Å². The Bertz CT molecular complexity index is 677.